The van der Waals surface area contributed by atoms with Crippen molar-refractivity contribution in [1.29, 1.82) is 0 Å². The molecule has 1 N–H and O–H groups in total. The summed E-state index contributed by atoms with van der Waals surface area (Å²) in [6.07, 6.45) is 0.292. The number of hydrogen-bond acceptors (Lipinski definition) is 4. The molecule has 2 amide bonds. The van der Waals surface area contributed by atoms with Crippen LogP contribution in [-0.2, 0) is 26.2 Å². The van der Waals surface area contributed by atoms with E-state index in [9.17, 15) is 18.0 Å². The van der Waals surface area contributed by atoms with E-state index < -0.39 is 28.5 Å². The van der Waals surface area contributed by atoms with Crippen molar-refractivity contribution in [3.63, 3.8) is 0 Å². The van der Waals surface area contributed by atoms with Crippen LogP contribution in [0.4, 0.5) is 5.69 Å². The number of halogens is 2. The second-order valence-electron chi connectivity index (χ2n) is 10.4. The molecule has 0 spiro atoms. The first kappa shape index (κ1) is 32.4. The van der Waals surface area contributed by atoms with Crippen LogP contribution in [0, 0.1) is 20.8 Å². The lowest BCUT2D eigenvalue weighted by atomic mass is 10.1. The number of hydrogen-bond donors (Lipinski definition) is 1. The first-order valence-corrected chi connectivity index (χ1v) is 15.7. The molecule has 0 heterocycles. The van der Waals surface area contributed by atoms with E-state index in [-0.39, 0.29) is 23.4 Å². The molecule has 0 aliphatic carbocycles. The van der Waals surface area contributed by atoms with Crippen LogP contribution in [0.15, 0.2) is 65.6 Å². The summed E-state index contributed by atoms with van der Waals surface area (Å²) in [5.41, 5.74) is 3.36. The highest BCUT2D eigenvalue weighted by Gasteiger charge is 2.35. The summed E-state index contributed by atoms with van der Waals surface area (Å²) >= 11 is 12.9. The van der Waals surface area contributed by atoms with E-state index in [1.165, 1.54) is 17.0 Å². The van der Waals surface area contributed by atoms with E-state index in [4.69, 9.17) is 23.2 Å². The number of nitrogens with zero attached hydrogens (tertiary/aromatic N) is 2. The topological polar surface area (TPSA) is 86.8 Å². The van der Waals surface area contributed by atoms with Gasteiger partial charge in [0, 0.05) is 28.2 Å². The molecular formula is C31H37Cl2N3O4S. The molecule has 10 heteroatoms. The van der Waals surface area contributed by atoms with Gasteiger partial charge in [0.2, 0.25) is 11.8 Å². The Hall–Kier alpha value is -3.07. The number of nitrogens with one attached hydrogen (secondary N) is 1. The summed E-state index contributed by atoms with van der Waals surface area (Å²) in [4.78, 5) is 28.9. The highest BCUT2D eigenvalue weighted by Crippen LogP contribution is 2.31. The van der Waals surface area contributed by atoms with E-state index in [1.807, 2.05) is 40.7 Å². The highest BCUT2D eigenvalue weighted by atomic mass is 35.5. The number of carbonyl (C=O) groups excluding carboxylic acids is 2. The van der Waals surface area contributed by atoms with Gasteiger partial charge in [-0.15, -0.1) is 0 Å². The Morgan fingerprint density at radius 2 is 1.49 bits per heavy atom. The molecule has 0 saturated carbocycles. The molecule has 0 aliphatic rings. The summed E-state index contributed by atoms with van der Waals surface area (Å²) in [6.45, 7) is 10.4. The van der Waals surface area contributed by atoms with Crippen LogP contribution in [0.1, 0.15) is 49.4 Å². The van der Waals surface area contributed by atoms with Crippen molar-refractivity contribution < 1.29 is 18.0 Å². The highest BCUT2D eigenvalue weighted by molar-refractivity contribution is 7.92. The molecule has 0 fully saturated rings. The van der Waals surface area contributed by atoms with E-state index >= 15 is 0 Å². The van der Waals surface area contributed by atoms with Crippen molar-refractivity contribution in [1.82, 2.24) is 10.2 Å². The summed E-state index contributed by atoms with van der Waals surface area (Å²) in [5, 5.41) is 3.56. The molecular weight excluding hydrogens is 581 g/mol. The lowest BCUT2D eigenvalue weighted by molar-refractivity contribution is -0.140. The van der Waals surface area contributed by atoms with Crippen LogP contribution in [0.2, 0.25) is 10.0 Å². The van der Waals surface area contributed by atoms with E-state index in [2.05, 4.69) is 5.32 Å². The molecule has 3 aromatic rings. The van der Waals surface area contributed by atoms with Gasteiger partial charge in [0.15, 0.2) is 0 Å². The summed E-state index contributed by atoms with van der Waals surface area (Å²) in [5.74, 6) is -0.915. The predicted octanol–water partition coefficient (Wildman–Crippen LogP) is 6.45. The quantitative estimate of drug-likeness (QED) is 0.268. The van der Waals surface area contributed by atoms with Gasteiger partial charge < -0.3 is 10.2 Å². The number of sulfonamides is 1. The van der Waals surface area contributed by atoms with Gasteiger partial charge in [0.25, 0.3) is 10.0 Å². The maximum absolute atomic E-state index is 14.2. The monoisotopic (exact) mass is 617 g/mol. The van der Waals surface area contributed by atoms with E-state index in [0.717, 1.165) is 21.0 Å². The average Bonchev–Trinajstić information content (AvgIpc) is 2.90. The SMILES string of the molecule is CC[C@H](C(=O)NC(C)C)N(Cc1c(Cl)cccc1Cl)C(=O)CN(c1cccc(C)c1C)S(=O)(=O)c1ccc(C)cc1. The molecule has 41 heavy (non-hydrogen) atoms. The van der Waals surface area contributed by atoms with Crippen molar-refractivity contribution >= 4 is 50.7 Å². The molecule has 0 unspecified atom stereocenters. The molecule has 3 rings (SSSR count). The molecule has 3 aromatic carbocycles. The molecule has 0 aromatic heterocycles. The number of benzene rings is 3. The minimum Gasteiger partial charge on any atom is -0.352 e. The van der Waals surface area contributed by atoms with Crippen LogP contribution >= 0.6 is 23.2 Å². The van der Waals surface area contributed by atoms with Crippen LogP contribution in [0.3, 0.4) is 0 Å². The smallest absolute Gasteiger partial charge is 0.264 e. The largest absolute Gasteiger partial charge is 0.352 e. The Kier molecular flexibility index (Phi) is 10.9. The van der Waals surface area contributed by atoms with Crippen molar-refractivity contribution in [2.45, 2.75) is 71.5 Å². The molecule has 7 nitrogen and oxygen atoms in total. The number of amides is 2. The minimum atomic E-state index is -4.17. The Morgan fingerprint density at radius 3 is 2.05 bits per heavy atom. The van der Waals surface area contributed by atoms with Gasteiger partial charge in [-0.05, 0) is 82.5 Å². The predicted molar refractivity (Wildman–Crippen MR) is 166 cm³/mol. The fourth-order valence-electron chi connectivity index (χ4n) is 4.51. The summed E-state index contributed by atoms with van der Waals surface area (Å²) in [7, 11) is -4.17. The van der Waals surface area contributed by atoms with E-state index in [1.54, 1.807) is 49.4 Å². The van der Waals surface area contributed by atoms with Gasteiger partial charge in [-0.25, -0.2) is 8.42 Å². The second kappa shape index (κ2) is 13.7. The van der Waals surface area contributed by atoms with Crippen LogP contribution in [-0.4, -0.2) is 43.8 Å². The number of anilines is 1. The van der Waals surface area contributed by atoms with Gasteiger partial charge >= 0.3 is 0 Å². The fraction of sp³-hybridized carbons (Fsp3) is 0.355. The Labute approximate surface area is 253 Å². The van der Waals surface area contributed by atoms with Crippen LogP contribution in [0.5, 0.6) is 0 Å². The zero-order valence-corrected chi connectivity index (χ0v) is 26.6. The first-order chi connectivity index (χ1) is 19.3. The van der Waals surface area contributed by atoms with Crippen molar-refractivity contribution in [2.24, 2.45) is 0 Å². The maximum Gasteiger partial charge on any atom is 0.264 e. The third-order valence-corrected chi connectivity index (χ3v) is 9.42. The van der Waals surface area contributed by atoms with Gasteiger partial charge in [0.05, 0.1) is 10.6 Å². The van der Waals surface area contributed by atoms with Crippen LogP contribution in [0.25, 0.3) is 0 Å². The van der Waals surface area contributed by atoms with Crippen LogP contribution < -0.4 is 9.62 Å². The Balaban J connectivity index is 2.15. The maximum atomic E-state index is 14.2. The van der Waals surface area contributed by atoms with Gasteiger partial charge in [-0.3, -0.25) is 13.9 Å². The third kappa shape index (κ3) is 7.61. The van der Waals surface area contributed by atoms with Crippen molar-refractivity contribution in [3.8, 4) is 0 Å². The zero-order valence-electron chi connectivity index (χ0n) is 24.2. The standard InChI is InChI=1S/C31H37Cl2N3O4S/c1-7-28(31(38)34-20(2)3)35(18-25-26(32)11-9-12-27(25)33)30(37)19-36(29-13-8-10-22(5)23(29)6)41(39,40)24-16-14-21(4)15-17-24/h8-17,20,28H,7,18-19H2,1-6H3,(H,34,38)/t28-/m1/s1. The first-order valence-electron chi connectivity index (χ1n) is 13.5. The summed E-state index contributed by atoms with van der Waals surface area (Å²) in [6, 6.07) is 15.8. The van der Waals surface area contributed by atoms with Gasteiger partial charge in [-0.2, -0.15) is 0 Å². The summed E-state index contributed by atoms with van der Waals surface area (Å²) < 4.78 is 29.3. The molecule has 0 radical (unpaired) electrons. The van der Waals surface area contributed by atoms with Crippen molar-refractivity contribution in [3.05, 3.63) is 93.0 Å². The number of aryl methyl sites for hydroxylation is 2. The number of rotatable bonds is 11. The molecule has 0 aliphatic heterocycles. The molecule has 0 saturated heterocycles. The fourth-order valence-corrected chi connectivity index (χ4v) is 6.50. The minimum absolute atomic E-state index is 0.0575. The third-order valence-electron chi connectivity index (χ3n) is 6.94. The van der Waals surface area contributed by atoms with Gasteiger partial charge in [-0.1, -0.05) is 66.0 Å². The number of carbonyl (C=O) groups is 2. The Bertz CT molecular complexity index is 1490. The lowest BCUT2D eigenvalue weighted by Gasteiger charge is -2.34. The average molecular weight is 619 g/mol. The molecule has 220 valence electrons. The van der Waals surface area contributed by atoms with Gasteiger partial charge in [0.1, 0.15) is 12.6 Å². The lowest BCUT2D eigenvalue weighted by Crippen LogP contribution is -2.53. The van der Waals surface area contributed by atoms with Crippen molar-refractivity contribution in [2.75, 3.05) is 10.8 Å². The zero-order chi connectivity index (χ0) is 30.5. The van der Waals surface area contributed by atoms with E-state index in [0.29, 0.717) is 27.7 Å². The normalized spacial score (nSPS) is 12.2. The molecule has 0 bridgehead atoms. The Morgan fingerprint density at radius 1 is 0.902 bits per heavy atom. The second-order valence-corrected chi connectivity index (χ2v) is 13.0. The molecule has 1 atom stereocenters.